The van der Waals surface area contributed by atoms with Crippen LogP contribution in [0.3, 0.4) is 0 Å². The second-order valence-corrected chi connectivity index (χ2v) is 4.86. The molecule has 2 rings (SSSR count). The summed E-state index contributed by atoms with van der Waals surface area (Å²) in [6, 6.07) is 11.3. The van der Waals surface area contributed by atoms with Crippen LogP contribution in [-0.4, -0.2) is 22.9 Å². The van der Waals surface area contributed by atoms with Gasteiger partial charge in [-0.1, -0.05) is 31.5 Å². The number of hydrogen-bond acceptors (Lipinski definition) is 4. The van der Waals surface area contributed by atoms with Gasteiger partial charge in [-0.3, -0.25) is 0 Å². The van der Waals surface area contributed by atoms with E-state index in [-0.39, 0.29) is 5.88 Å². The van der Waals surface area contributed by atoms with Gasteiger partial charge in [-0.2, -0.15) is 0 Å². The van der Waals surface area contributed by atoms with E-state index in [0.717, 1.165) is 36.3 Å². The van der Waals surface area contributed by atoms with Gasteiger partial charge in [-0.25, -0.2) is 9.78 Å². The topological polar surface area (TPSA) is 68.7 Å². The van der Waals surface area contributed by atoms with Crippen molar-refractivity contribution in [1.29, 1.82) is 0 Å². The second kappa shape index (κ2) is 8.02. The molecule has 5 heteroatoms. The lowest BCUT2D eigenvalue weighted by Crippen LogP contribution is -2.07. The Bertz CT molecular complexity index is 610. The molecule has 0 unspecified atom stereocenters. The van der Waals surface area contributed by atoms with Crippen LogP contribution in [0.1, 0.15) is 30.9 Å². The first-order valence-electron chi connectivity index (χ1n) is 7.25. The van der Waals surface area contributed by atoms with Gasteiger partial charge in [0.1, 0.15) is 5.75 Å². The number of hydrogen-bond donors (Lipinski definition) is 1. The molecule has 1 heterocycles. The van der Waals surface area contributed by atoms with Gasteiger partial charge in [0.05, 0.1) is 6.61 Å². The van der Waals surface area contributed by atoms with Gasteiger partial charge < -0.3 is 14.6 Å². The molecule has 0 fully saturated rings. The number of aromatic nitrogens is 1. The van der Waals surface area contributed by atoms with Crippen molar-refractivity contribution in [2.24, 2.45) is 0 Å². The Kier molecular flexibility index (Phi) is 5.77. The Balaban J connectivity index is 2.03. The first kappa shape index (κ1) is 15.8. The molecular formula is C17H19NO4. The molecule has 2 aromatic rings. The maximum absolute atomic E-state index is 10.7. The second-order valence-electron chi connectivity index (χ2n) is 4.86. The third-order valence-corrected chi connectivity index (χ3v) is 3.12. The standard InChI is InChI=1S/C17H19NO4/c1-2-3-11-21-15-8-6-13(7-9-15)12-14-5-4-10-18-16(14)22-17(19)20/h4-10H,2-3,11-12H2,1H3,(H,19,20). The lowest BCUT2D eigenvalue weighted by atomic mass is 10.1. The normalized spacial score (nSPS) is 10.2. The SMILES string of the molecule is CCCCOc1ccc(Cc2cccnc2OC(=O)O)cc1. The Morgan fingerprint density at radius 1 is 1.23 bits per heavy atom. The summed E-state index contributed by atoms with van der Waals surface area (Å²) in [5.74, 6) is 0.962. The van der Waals surface area contributed by atoms with Crippen molar-refractivity contribution in [3.8, 4) is 11.6 Å². The highest BCUT2D eigenvalue weighted by molar-refractivity contribution is 5.61. The monoisotopic (exact) mass is 301 g/mol. The van der Waals surface area contributed by atoms with Gasteiger partial charge in [-0.15, -0.1) is 0 Å². The van der Waals surface area contributed by atoms with Crippen molar-refractivity contribution < 1.29 is 19.4 Å². The van der Waals surface area contributed by atoms with Crippen molar-refractivity contribution in [2.45, 2.75) is 26.2 Å². The first-order chi connectivity index (χ1) is 10.7. The number of pyridine rings is 1. The van der Waals surface area contributed by atoms with E-state index in [0.29, 0.717) is 6.42 Å². The molecule has 5 nitrogen and oxygen atoms in total. The molecule has 0 bridgehead atoms. The highest BCUT2D eigenvalue weighted by Crippen LogP contribution is 2.20. The van der Waals surface area contributed by atoms with Crippen molar-refractivity contribution >= 4 is 6.16 Å². The van der Waals surface area contributed by atoms with Crippen molar-refractivity contribution in [3.63, 3.8) is 0 Å². The highest BCUT2D eigenvalue weighted by Gasteiger charge is 2.09. The molecule has 0 amide bonds. The molecule has 0 saturated heterocycles. The van der Waals surface area contributed by atoms with Gasteiger partial charge in [0.15, 0.2) is 0 Å². The number of ether oxygens (including phenoxy) is 2. The summed E-state index contributed by atoms with van der Waals surface area (Å²) in [4.78, 5) is 14.6. The minimum atomic E-state index is -1.36. The average molecular weight is 301 g/mol. The van der Waals surface area contributed by atoms with Gasteiger partial charge in [0.2, 0.25) is 5.88 Å². The number of rotatable bonds is 7. The summed E-state index contributed by atoms with van der Waals surface area (Å²) in [6.07, 6.45) is 2.83. The Morgan fingerprint density at radius 2 is 2.00 bits per heavy atom. The Labute approximate surface area is 129 Å². The van der Waals surface area contributed by atoms with Crippen LogP contribution in [0.15, 0.2) is 42.6 Å². The molecule has 0 aliphatic heterocycles. The maximum Gasteiger partial charge on any atom is 0.512 e. The number of nitrogens with zero attached hydrogens (tertiary/aromatic N) is 1. The van der Waals surface area contributed by atoms with Crippen LogP contribution in [0, 0.1) is 0 Å². The molecule has 0 aliphatic rings. The number of carbonyl (C=O) groups is 1. The fourth-order valence-electron chi connectivity index (χ4n) is 1.99. The fourth-order valence-corrected chi connectivity index (χ4v) is 1.99. The molecule has 1 aromatic heterocycles. The van der Waals surface area contributed by atoms with E-state index in [1.807, 2.05) is 24.3 Å². The molecule has 0 atom stereocenters. The summed E-state index contributed by atoms with van der Waals surface area (Å²) in [7, 11) is 0. The predicted octanol–water partition coefficient (Wildman–Crippen LogP) is 3.91. The maximum atomic E-state index is 10.7. The van der Waals surface area contributed by atoms with Crippen molar-refractivity contribution in [3.05, 3.63) is 53.7 Å². The third-order valence-electron chi connectivity index (χ3n) is 3.12. The minimum Gasteiger partial charge on any atom is -0.494 e. The number of benzene rings is 1. The summed E-state index contributed by atoms with van der Waals surface area (Å²) < 4.78 is 10.3. The average Bonchev–Trinajstić information content (AvgIpc) is 2.51. The van der Waals surface area contributed by atoms with Crippen LogP contribution < -0.4 is 9.47 Å². The minimum absolute atomic E-state index is 0.123. The van der Waals surface area contributed by atoms with Gasteiger partial charge in [-0.05, 0) is 30.2 Å². The zero-order chi connectivity index (χ0) is 15.8. The van der Waals surface area contributed by atoms with E-state index in [4.69, 9.17) is 9.84 Å². The largest absolute Gasteiger partial charge is 0.512 e. The van der Waals surface area contributed by atoms with E-state index in [1.54, 1.807) is 12.1 Å². The third kappa shape index (κ3) is 4.77. The van der Waals surface area contributed by atoms with Gasteiger partial charge in [0, 0.05) is 18.2 Å². The van der Waals surface area contributed by atoms with E-state index >= 15 is 0 Å². The molecule has 0 aliphatic carbocycles. The van der Waals surface area contributed by atoms with Gasteiger partial charge >= 0.3 is 6.16 Å². The predicted molar refractivity (Wildman–Crippen MR) is 82.5 cm³/mol. The molecule has 1 aromatic carbocycles. The van der Waals surface area contributed by atoms with Gasteiger partial charge in [0.25, 0.3) is 0 Å². The fraction of sp³-hybridized carbons (Fsp3) is 0.294. The van der Waals surface area contributed by atoms with Crippen LogP contribution in [0.4, 0.5) is 4.79 Å². The Hall–Kier alpha value is -2.56. The molecule has 0 radical (unpaired) electrons. The molecule has 22 heavy (non-hydrogen) atoms. The molecule has 1 N–H and O–H groups in total. The number of carboxylic acid groups (broad SMARTS) is 1. The summed E-state index contributed by atoms with van der Waals surface area (Å²) >= 11 is 0. The van der Waals surface area contributed by atoms with Crippen LogP contribution in [0.2, 0.25) is 0 Å². The summed E-state index contributed by atoms with van der Waals surface area (Å²) in [5, 5.41) is 8.72. The number of unbranched alkanes of at least 4 members (excludes halogenated alkanes) is 1. The summed E-state index contributed by atoms with van der Waals surface area (Å²) in [6.45, 7) is 2.84. The lowest BCUT2D eigenvalue weighted by Gasteiger charge is -2.08. The van der Waals surface area contributed by atoms with Crippen LogP contribution in [0.25, 0.3) is 0 Å². The highest BCUT2D eigenvalue weighted by atomic mass is 16.7. The zero-order valence-corrected chi connectivity index (χ0v) is 12.5. The summed E-state index contributed by atoms with van der Waals surface area (Å²) in [5.41, 5.74) is 1.76. The van der Waals surface area contributed by atoms with E-state index in [9.17, 15) is 4.79 Å². The quantitative estimate of drug-likeness (QED) is 0.620. The van der Waals surface area contributed by atoms with E-state index in [1.165, 1.54) is 6.20 Å². The van der Waals surface area contributed by atoms with Crippen molar-refractivity contribution in [2.75, 3.05) is 6.61 Å². The lowest BCUT2D eigenvalue weighted by molar-refractivity contribution is 0.142. The molecular weight excluding hydrogens is 282 g/mol. The van der Waals surface area contributed by atoms with Crippen molar-refractivity contribution in [1.82, 2.24) is 4.98 Å². The molecule has 116 valence electrons. The molecule has 0 saturated carbocycles. The zero-order valence-electron chi connectivity index (χ0n) is 12.5. The van der Waals surface area contributed by atoms with E-state index in [2.05, 4.69) is 16.6 Å². The van der Waals surface area contributed by atoms with Crippen LogP contribution >= 0.6 is 0 Å². The molecule has 0 spiro atoms. The Morgan fingerprint density at radius 3 is 2.68 bits per heavy atom. The van der Waals surface area contributed by atoms with E-state index < -0.39 is 6.16 Å². The first-order valence-corrected chi connectivity index (χ1v) is 7.25. The van der Waals surface area contributed by atoms with Crippen LogP contribution in [0.5, 0.6) is 11.6 Å². The van der Waals surface area contributed by atoms with Crippen LogP contribution in [-0.2, 0) is 6.42 Å². The smallest absolute Gasteiger partial charge is 0.494 e.